The lowest BCUT2D eigenvalue weighted by molar-refractivity contribution is -0.149. The Balaban J connectivity index is 1.40. The lowest BCUT2D eigenvalue weighted by atomic mass is 10.3. The summed E-state index contributed by atoms with van der Waals surface area (Å²) in [5.41, 5.74) is 0.933. The zero-order chi connectivity index (χ0) is 18.4. The summed E-state index contributed by atoms with van der Waals surface area (Å²) in [6.45, 7) is 0.169. The van der Waals surface area contributed by atoms with E-state index in [2.05, 4.69) is 4.98 Å². The van der Waals surface area contributed by atoms with E-state index < -0.39 is 0 Å². The van der Waals surface area contributed by atoms with E-state index in [-0.39, 0.29) is 24.2 Å². The smallest absolute Gasteiger partial charge is 0.316 e. The number of para-hydroxylation sites is 1. The Morgan fingerprint density at radius 2 is 2.08 bits per heavy atom. The maximum atomic E-state index is 12.1. The molecule has 136 valence electrons. The highest BCUT2D eigenvalue weighted by Crippen LogP contribution is 2.22. The zero-order valence-electron chi connectivity index (χ0n) is 14.2. The van der Waals surface area contributed by atoms with E-state index in [0.29, 0.717) is 6.54 Å². The number of esters is 1. The van der Waals surface area contributed by atoms with Gasteiger partial charge in [-0.1, -0.05) is 18.2 Å². The Bertz CT molecular complexity index is 844. The van der Waals surface area contributed by atoms with E-state index in [1.165, 1.54) is 21.5 Å². The number of amides is 1. The largest absolute Gasteiger partial charge is 0.455 e. The van der Waals surface area contributed by atoms with Crippen LogP contribution in [0.5, 0.6) is 0 Å². The molecule has 0 spiro atoms. The van der Waals surface area contributed by atoms with Gasteiger partial charge in [0.25, 0.3) is 5.91 Å². The Morgan fingerprint density at radius 3 is 2.85 bits per heavy atom. The van der Waals surface area contributed by atoms with Gasteiger partial charge in [0.05, 0.1) is 22.5 Å². The first kappa shape index (κ1) is 18.9. The van der Waals surface area contributed by atoms with Gasteiger partial charge in [0.15, 0.2) is 6.61 Å². The van der Waals surface area contributed by atoms with Gasteiger partial charge in [0.1, 0.15) is 5.01 Å². The molecule has 0 N–H and O–H groups in total. The molecule has 0 atom stereocenters. The molecule has 2 aromatic heterocycles. The number of carbonyl (C=O) groups is 2. The molecule has 0 saturated heterocycles. The lowest BCUT2D eigenvalue weighted by Crippen LogP contribution is -2.31. The van der Waals surface area contributed by atoms with Crippen molar-refractivity contribution in [1.82, 2.24) is 9.88 Å². The van der Waals surface area contributed by atoms with Gasteiger partial charge in [-0.3, -0.25) is 9.59 Å². The van der Waals surface area contributed by atoms with Gasteiger partial charge in [-0.25, -0.2) is 4.98 Å². The maximum Gasteiger partial charge on any atom is 0.316 e. The highest BCUT2D eigenvalue weighted by molar-refractivity contribution is 7.99. The molecule has 8 heteroatoms. The highest BCUT2D eigenvalue weighted by Gasteiger charge is 2.14. The molecule has 0 unspecified atom stereocenters. The van der Waals surface area contributed by atoms with Gasteiger partial charge in [-0.15, -0.1) is 34.4 Å². The van der Waals surface area contributed by atoms with E-state index >= 15 is 0 Å². The van der Waals surface area contributed by atoms with Crippen molar-refractivity contribution in [3.8, 4) is 0 Å². The number of ether oxygens (including phenoxy) is 1. The number of thiazole rings is 1. The van der Waals surface area contributed by atoms with Crippen molar-refractivity contribution in [3.05, 3.63) is 51.7 Å². The zero-order valence-corrected chi connectivity index (χ0v) is 16.7. The summed E-state index contributed by atoms with van der Waals surface area (Å²) >= 11 is 4.71. The van der Waals surface area contributed by atoms with Gasteiger partial charge in [-0.05, 0) is 23.6 Å². The van der Waals surface area contributed by atoms with Crippen LogP contribution in [-0.4, -0.2) is 41.2 Å². The first-order chi connectivity index (χ1) is 12.6. The second-order valence-electron chi connectivity index (χ2n) is 5.56. The van der Waals surface area contributed by atoms with Crippen molar-refractivity contribution in [2.75, 3.05) is 19.4 Å². The first-order valence-electron chi connectivity index (χ1n) is 7.96. The summed E-state index contributed by atoms with van der Waals surface area (Å²) in [5.74, 6) is 0.416. The van der Waals surface area contributed by atoms with Crippen molar-refractivity contribution >= 4 is 56.5 Å². The SMILES string of the molecule is CN(Cc1nc2ccccc2s1)C(=O)COC(=O)CSCc1cccs1. The van der Waals surface area contributed by atoms with Crippen molar-refractivity contribution < 1.29 is 14.3 Å². The summed E-state index contributed by atoms with van der Waals surface area (Å²) in [6, 6.07) is 11.9. The standard InChI is InChI=1S/C18H18N2O3S3/c1-20(9-16-19-14-6-2-3-7-15(14)26-16)17(21)10-23-18(22)12-24-11-13-5-4-8-25-13/h2-8H,9-12H2,1H3. The van der Waals surface area contributed by atoms with E-state index in [0.717, 1.165) is 21.0 Å². The Hall–Kier alpha value is -1.90. The number of likely N-dealkylation sites (N-methyl/N-ethyl adjacent to an activating group) is 1. The highest BCUT2D eigenvalue weighted by atomic mass is 32.2. The lowest BCUT2D eigenvalue weighted by Gasteiger charge is -2.15. The van der Waals surface area contributed by atoms with Crippen LogP contribution in [0, 0.1) is 0 Å². The minimum atomic E-state index is -0.367. The minimum Gasteiger partial charge on any atom is -0.455 e. The second kappa shape index (κ2) is 9.16. The summed E-state index contributed by atoms with van der Waals surface area (Å²) in [6.07, 6.45) is 0. The van der Waals surface area contributed by atoms with Crippen molar-refractivity contribution in [3.63, 3.8) is 0 Å². The number of aromatic nitrogens is 1. The summed E-state index contributed by atoms with van der Waals surface area (Å²) < 4.78 is 6.17. The van der Waals surface area contributed by atoms with Crippen LogP contribution in [0.3, 0.4) is 0 Å². The van der Waals surface area contributed by atoms with Gasteiger partial charge in [0, 0.05) is 17.7 Å². The third kappa shape index (κ3) is 5.30. The van der Waals surface area contributed by atoms with Crippen LogP contribution in [0.15, 0.2) is 41.8 Å². The molecule has 3 rings (SSSR count). The molecule has 0 aliphatic heterocycles. The number of hydrogen-bond acceptors (Lipinski definition) is 7. The predicted octanol–water partition coefficient (Wildman–Crippen LogP) is 3.79. The topological polar surface area (TPSA) is 59.5 Å². The molecule has 0 radical (unpaired) electrons. The van der Waals surface area contributed by atoms with Crippen LogP contribution in [0.2, 0.25) is 0 Å². The number of nitrogens with zero attached hydrogens (tertiary/aromatic N) is 2. The van der Waals surface area contributed by atoms with Gasteiger partial charge >= 0.3 is 5.97 Å². The average Bonchev–Trinajstić information content (AvgIpc) is 3.28. The molecular formula is C18H18N2O3S3. The Kier molecular flexibility index (Phi) is 6.65. The van der Waals surface area contributed by atoms with Crippen molar-refractivity contribution in [2.24, 2.45) is 0 Å². The van der Waals surface area contributed by atoms with Crippen molar-refractivity contribution in [1.29, 1.82) is 0 Å². The molecule has 1 amide bonds. The number of benzene rings is 1. The summed E-state index contributed by atoms with van der Waals surface area (Å²) in [5, 5.41) is 2.87. The van der Waals surface area contributed by atoms with Crippen LogP contribution < -0.4 is 0 Å². The average molecular weight is 407 g/mol. The van der Waals surface area contributed by atoms with E-state index in [9.17, 15) is 9.59 Å². The molecule has 0 bridgehead atoms. The molecule has 0 saturated carbocycles. The fourth-order valence-electron chi connectivity index (χ4n) is 2.20. The van der Waals surface area contributed by atoms with Gasteiger partial charge in [-0.2, -0.15) is 0 Å². The molecule has 5 nitrogen and oxygen atoms in total. The van der Waals surface area contributed by atoms with E-state index in [4.69, 9.17) is 4.74 Å². The quantitative estimate of drug-likeness (QED) is 0.533. The van der Waals surface area contributed by atoms with Crippen LogP contribution >= 0.6 is 34.4 Å². The number of thioether (sulfide) groups is 1. The monoisotopic (exact) mass is 406 g/mol. The second-order valence-corrected chi connectivity index (χ2v) is 8.69. The van der Waals surface area contributed by atoms with Gasteiger partial charge in [0.2, 0.25) is 0 Å². The third-order valence-electron chi connectivity index (χ3n) is 3.54. The van der Waals surface area contributed by atoms with Crippen molar-refractivity contribution in [2.45, 2.75) is 12.3 Å². The molecule has 0 aliphatic carbocycles. The number of rotatable bonds is 8. The van der Waals surface area contributed by atoms with Gasteiger partial charge < -0.3 is 9.64 Å². The molecule has 0 fully saturated rings. The van der Waals surface area contributed by atoms with E-state index in [1.54, 1.807) is 29.7 Å². The van der Waals surface area contributed by atoms with Crippen LogP contribution in [0.4, 0.5) is 0 Å². The fraction of sp³-hybridized carbons (Fsp3) is 0.278. The number of hydrogen-bond donors (Lipinski definition) is 0. The van der Waals surface area contributed by atoms with Crippen LogP contribution in [0.1, 0.15) is 9.88 Å². The van der Waals surface area contributed by atoms with E-state index in [1.807, 2.05) is 41.8 Å². The van der Waals surface area contributed by atoms with Crippen LogP contribution in [-0.2, 0) is 26.6 Å². The molecule has 26 heavy (non-hydrogen) atoms. The van der Waals surface area contributed by atoms with Crippen LogP contribution in [0.25, 0.3) is 10.2 Å². The summed E-state index contributed by atoms with van der Waals surface area (Å²) in [4.78, 5) is 31.2. The fourth-order valence-corrected chi connectivity index (χ4v) is 4.88. The predicted molar refractivity (Wildman–Crippen MR) is 108 cm³/mol. The normalized spacial score (nSPS) is 10.8. The maximum absolute atomic E-state index is 12.1. The minimum absolute atomic E-state index is 0.235. The first-order valence-corrected chi connectivity index (χ1v) is 10.8. The third-order valence-corrected chi connectivity index (χ3v) is 6.57. The molecule has 2 heterocycles. The molecule has 1 aromatic carbocycles. The molecule has 0 aliphatic rings. The molecular weight excluding hydrogens is 388 g/mol. The summed E-state index contributed by atoms with van der Waals surface area (Å²) in [7, 11) is 1.69. The number of fused-ring (bicyclic) bond motifs is 1. The Morgan fingerprint density at radius 1 is 1.23 bits per heavy atom. The Labute approximate surface area is 164 Å². The molecule has 3 aromatic rings. The number of carbonyl (C=O) groups excluding carboxylic acids is 2. The number of thiophene rings is 1.